The predicted molar refractivity (Wildman–Crippen MR) is 75.4 cm³/mol. The number of amides is 2. The standard InChI is InChI=1S/C11H14BrN3O3S/c12-7-6-13-10(19-7)14-9(18)15-11(8(16)17)4-2-1-3-5-11/h6H,1-5H2,(H,16,17)(H2,13,14,15,18). The number of aromatic nitrogens is 1. The predicted octanol–water partition coefficient (Wildman–Crippen LogP) is 2.81. The quantitative estimate of drug-likeness (QED) is 0.783. The van der Waals surface area contributed by atoms with E-state index in [9.17, 15) is 14.7 Å². The summed E-state index contributed by atoms with van der Waals surface area (Å²) in [6, 6.07) is -0.522. The van der Waals surface area contributed by atoms with Crippen LogP contribution in [-0.2, 0) is 4.79 Å². The number of carbonyl (C=O) groups is 2. The van der Waals surface area contributed by atoms with Gasteiger partial charge in [-0.3, -0.25) is 5.32 Å². The molecule has 3 N–H and O–H groups in total. The second kappa shape index (κ2) is 5.87. The summed E-state index contributed by atoms with van der Waals surface area (Å²) in [7, 11) is 0. The molecule has 1 heterocycles. The summed E-state index contributed by atoms with van der Waals surface area (Å²) in [6.45, 7) is 0. The van der Waals surface area contributed by atoms with Gasteiger partial charge in [0.25, 0.3) is 0 Å². The third-order valence-corrected chi connectivity index (χ3v) is 4.56. The van der Waals surface area contributed by atoms with Gasteiger partial charge in [-0.25, -0.2) is 14.6 Å². The number of rotatable bonds is 3. The fourth-order valence-corrected chi connectivity index (χ4v) is 3.31. The number of nitrogens with zero attached hydrogens (tertiary/aromatic N) is 1. The fourth-order valence-electron chi connectivity index (χ4n) is 2.21. The normalized spacial score (nSPS) is 17.7. The van der Waals surface area contributed by atoms with Gasteiger partial charge in [0.2, 0.25) is 0 Å². The van der Waals surface area contributed by atoms with E-state index in [0.717, 1.165) is 23.0 Å². The van der Waals surface area contributed by atoms with Gasteiger partial charge in [-0.15, -0.1) is 0 Å². The van der Waals surface area contributed by atoms with Crippen LogP contribution in [0.3, 0.4) is 0 Å². The first-order valence-electron chi connectivity index (χ1n) is 5.96. The number of hydrogen-bond donors (Lipinski definition) is 3. The Kier molecular flexibility index (Phi) is 4.41. The summed E-state index contributed by atoms with van der Waals surface area (Å²) in [5.74, 6) is -0.970. The van der Waals surface area contributed by atoms with Crippen molar-refractivity contribution in [2.24, 2.45) is 0 Å². The SMILES string of the molecule is O=C(Nc1ncc(Br)s1)NC1(C(=O)O)CCCCC1. The van der Waals surface area contributed by atoms with Crippen LogP contribution in [0.4, 0.5) is 9.93 Å². The monoisotopic (exact) mass is 347 g/mol. The van der Waals surface area contributed by atoms with Crippen LogP contribution in [0, 0.1) is 0 Å². The molecule has 1 fully saturated rings. The topological polar surface area (TPSA) is 91.3 Å². The highest BCUT2D eigenvalue weighted by Gasteiger charge is 2.41. The van der Waals surface area contributed by atoms with Crippen LogP contribution in [0.25, 0.3) is 0 Å². The Balaban J connectivity index is 2.01. The molecule has 0 bridgehead atoms. The Hall–Kier alpha value is -1.15. The molecular weight excluding hydrogens is 334 g/mol. The van der Waals surface area contributed by atoms with Gasteiger partial charge >= 0.3 is 12.0 Å². The molecule has 1 aliphatic rings. The molecule has 0 saturated heterocycles. The highest BCUT2D eigenvalue weighted by atomic mass is 79.9. The zero-order chi connectivity index (χ0) is 13.9. The molecule has 2 amide bonds. The van der Waals surface area contributed by atoms with Crippen molar-refractivity contribution in [1.82, 2.24) is 10.3 Å². The van der Waals surface area contributed by atoms with E-state index >= 15 is 0 Å². The van der Waals surface area contributed by atoms with Gasteiger partial charge < -0.3 is 10.4 Å². The molecule has 8 heteroatoms. The van der Waals surface area contributed by atoms with Crippen LogP contribution in [0.1, 0.15) is 32.1 Å². The zero-order valence-electron chi connectivity index (χ0n) is 10.1. The second-order valence-corrected chi connectivity index (χ2v) is 6.91. The molecule has 2 rings (SSSR count). The van der Waals surface area contributed by atoms with Gasteiger partial charge in [-0.05, 0) is 28.8 Å². The average Bonchev–Trinajstić information content (AvgIpc) is 2.75. The lowest BCUT2D eigenvalue weighted by atomic mass is 9.82. The Labute approximate surface area is 122 Å². The first-order chi connectivity index (χ1) is 9.02. The van der Waals surface area contributed by atoms with E-state index in [1.165, 1.54) is 11.3 Å². The van der Waals surface area contributed by atoms with Crippen LogP contribution in [0.5, 0.6) is 0 Å². The molecule has 1 aliphatic carbocycles. The lowest BCUT2D eigenvalue weighted by molar-refractivity contribution is -0.145. The maximum absolute atomic E-state index is 11.9. The number of aliphatic carboxylic acids is 1. The van der Waals surface area contributed by atoms with E-state index < -0.39 is 17.5 Å². The van der Waals surface area contributed by atoms with Gasteiger partial charge in [-0.1, -0.05) is 30.6 Å². The number of carboxylic acid groups (broad SMARTS) is 1. The Morgan fingerprint density at radius 2 is 2.05 bits per heavy atom. The van der Waals surface area contributed by atoms with Crippen molar-refractivity contribution in [2.75, 3.05) is 5.32 Å². The summed E-state index contributed by atoms with van der Waals surface area (Å²) in [5, 5.41) is 14.9. The third-order valence-electron chi connectivity index (χ3n) is 3.17. The van der Waals surface area contributed by atoms with E-state index in [1.54, 1.807) is 6.20 Å². The summed E-state index contributed by atoms with van der Waals surface area (Å²) in [5.41, 5.74) is -1.14. The van der Waals surface area contributed by atoms with Crippen molar-refractivity contribution in [3.63, 3.8) is 0 Å². The van der Waals surface area contributed by atoms with Crippen LogP contribution < -0.4 is 10.6 Å². The van der Waals surface area contributed by atoms with Gasteiger partial charge in [0.15, 0.2) is 5.13 Å². The van der Waals surface area contributed by atoms with Crippen LogP contribution in [0.15, 0.2) is 9.98 Å². The fraction of sp³-hybridized carbons (Fsp3) is 0.545. The number of anilines is 1. The van der Waals surface area contributed by atoms with Crippen molar-refractivity contribution in [3.8, 4) is 0 Å². The zero-order valence-corrected chi connectivity index (χ0v) is 12.5. The third kappa shape index (κ3) is 3.44. The molecule has 0 atom stereocenters. The van der Waals surface area contributed by atoms with Gasteiger partial charge in [-0.2, -0.15) is 0 Å². The molecule has 19 heavy (non-hydrogen) atoms. The number of carbonyl (C=O) groups excluding carboxylic acids is 1. The molecule has 1 aromatic rings. The second-order valence-electron chi connectivity index (χ2n) is 4.50. The number of carboxylic acids is 1. The lowest BCUT2D eigenvalue weighted by Gasteiger charge is -2.33. The van der Waals surface area contributed by atoms with Gasteiger partial charge in [0.05, 0.1) is 9.98 Å². The smallest absolute Gasteiger partial charge is 0.329 e. The molecule has 1 aromatic heterocycles. The van der Waals surface area contributed by atoms with Crippen molar-refractivity contribution in [1.29, 1.82) is 0 Å². The summed E-state index contributed by atoms with van der Waals surface area (Å²) in [4.78, 5) is 27.2. The molecular formula is C11H14BrN3O3S. The first kappa shape index (κ1) is 14.3. The van der Waals surface area contributed by atoms with E-state index in [2.05, 4.69) is 31.5 Å². The Bertz CT molecular complexity index is 485. The van der Waals surface area contributed by atoms with E-state index in [0.29, 0.717) is 18.0 Å². The van der Waals surface area contributed by atoms with E-state index in [1.807, 2.05) is 0 Å². The average molecular weight is 348 g/mol. The maximum atomic E-state index is 11.9. The number of halogens is 1. The number of hydrogen-bond acceptors (Lipinski definition) is 4. The van der Waals surface area contributed by atoms with Crippen LogP contribution >= 0.6 is 27.3 Å². The Morgan fingerprint density at radius 3 is 2.58 bits per heavy atom. The van der Waals surface area contributed by atoms with Crippen LogP contribution in [-0.4, -0.2) is 27.6 Å². The highest BCUT2D eigenvalue weighted by Crippen LogP contribution is 2.29. The molecule has 0 unspecified atom stereocenters. The van der Waals surface area contributed by atoms with Crippen LogP contribution in [0.2, 0.25) is 0 Å². The molecule has 6 nitrogen and oxygen atoms in total. The molecule has 1 saturated carbocycles. The first-order valence-corrected chi connectivity index (χ1v) is 7.57. The minimum Gasteiger partial charge on any atom is -0.480 e. The van der Waals surface area contributed by atoms with Crippen molar-refractivity contribution in [2.45, 2.75) is 37.6 Å². The maximum Gasteiger partial charge on any atom is 0.329 e. The molecule has 0 aliphatic heterocycles. The molecule has 0 spiro atoms. The van der Waals surface area contributed by atoms with Crippen molar-refractivity contribution in [3.05, 3.63) is 9.98 Å². The Morgan fingerprint density at radius 1 is 1.37 bits per heavy atom. The summed E-state index contributed by atoms with van der Waals surface area (Å²) < 4.78 is 0.799. The lowest BCUT2D eigenvalue weighted by Crippen LogP contribution is -2.56. The van der Waals surface area contributed by atoms with Gasteiger partial charge in [0, 0.05) is 0 Å². The molecule has 104 valence electrons. The van der Waals surface area contributed by atoms with Gasteiger partial charge in [0.1, 0.15) is 5.54 Å². The van der Waals surface area contributed by atoms with Crippen molar-refractivity contribution < 1.29 is 14.7 Å². The molecule has 0 aromatic carbocycles. The molecule has 0 radical (unpaired) electrons. The van der Waals surface area contributed by atoms with E-state index in [-0.39, 0.29) is 0 Å². The largest absolute Gasteiger partial charge is 0.480 e. The van der Waals surface area contributed by atoms with Crippen molar-refractivity contribution >= 4 is 44.4 Å². The van der Waals surface area contributed by atoms with E-state index in [4.69, 9.17) is 0 Å². The number of urea groups is 1. The minimum absolute atomic E-state index is 0.431. The number of nitrogens with one attached hydrogen (secondary N) is 2. The summed E-state index contributed by atoms with van der Waals surface area (Å²) >= 11 is 4.52. The highest BCUT2D eigenvalue weighted by molar-refractivity contribution is 9.11. The number of thiazole rings is 1. The summed E-state index contributed by atoms with van der Waals surface area (Å²) in [6.07, 6.45) is 5.16. The minimum atomic E-state index is -1.14.